The standard InChI is InChI=1S/C29H31N3O2/c1-21(2)17-18-34-27-15-11-23(12-16-27)19-28(33)29-22(3)32(31-30-29)20-24-9-13-26(14-10-24)25-7-5-4-6-8-25/h4-16,21H,17-20H2,1-3H3. The maximum absolute atomic E-state index is 12.9. The first kappa shape index (κ1) is 23.4. The Balaban J connectivity index is 1.37. The van der Waals surface area contributed by atoms with Gasteiger partial charge in [0, 0.05) is 6.42 Å². The van der Waals surface area contributed by atoms with E-state index in [0.29, 0.717) is 24.8 Å². The highest BCUT2D eigenvalue weighted by molar-refractivity contribution is 5.96. The number of carbonyl (C=O) groups is 1. The van der Waals surface area contributed by atoms with Gasteiger partial charge in [0.25, 0.3) is 0 Å². The minimum absolute atomic E-state index is 0.0309. The van der Waals surface area contributed by atoms with Crippen LogP contribution in [0.5, 0.6) is 5.75 Å². The molecule has 0 radical (unpaired) electrons. The molecule has 0 atom stereocenters. The molecule has 0 bridgehead atoms. The van der Waals surface area contributed by atoms with Crippen LogP contribution in [0.2, 0.25) is 0 Å². The quantitative estimate of drug-likeness (QED) is 0.270. The van der Waals surface area contributed by atoms with Gasteiger partial charge >= 0.3 is 0 Å². The highest BCUT2D eigenvalue weighted by Crippen LogP contribution is 2.20. The summed E-state index contributed by atoms with van der Waals surface area (Å²) in [6.45, 7) is 7.53. The molecule has 5 heteroatoms. The summed E-state index contributed by atoms with van der Waals surface area (Å²) in [6.07, 6.45) is 1.31. The number of carbonyl (C=O) groups excluding carboxylic acids is 1. The number of aromatic nitrogens is 3. The highest BCUT2D eigenvalue weighted by atomic mass is 16.5. The first-order valence-corrected chi connectivity index (χ1v) is 11.8. The van der Waals surface area contributed by atoms with Crippen LogP contribution in [0.25, 0.3) is 11.1 Å². The van der Waals surface area contributed by atoms with Crippen LogP contribution in [-0.4, -0.2) is 27.4 Å². The minimum atomic E-state index is -0.0309. The molecule has 0 spiro atoms. The molecule has 5 nitrogen and oxygen atoms in total. The Morgan fingerprint density at radius 1 is 0.882 bits per heavy atom. The van der Waals surface area contributed by atoms with Gasteiger partial charge in [-0.3, -0.25) is 4.79 Å². The highest BCUT2D eigenvalue weighted by Gasteiger charge is 2.17. The summed E-state index contributed by atoms with van der Waals surface area (Å²) in [5, 5.41) is 8.43. The molecular weight excluding hydrogens is 422 g/mol. The van der Waals surface area contributed by atoms with E-state index in [1.807, 2.05) is 49.4 Å². The van der Waals surface area contributed by atoms with E-state index in [2.05, 4.69) is 60.6 Å². The van der Waals surface area contributed by atoms with Gasteiger partial charge in [0.1, 0.15) is 5.75 Å². The number of hydrogen-bond acceptors (Lipinski definition) is 4. The fraction of sp³-hybridized carbons (Fsp3) is 0.276. The number of ether oxygens (including phenoxy) is 1. The van der Waals surface area contributed by atoms with Crippen molar-refractivity contribution in [3.05, 3.63) is 101 Å². The number of benzene rings is 3. The number of Topliss-reactive ketones (excluding diaryl/α,β-unsaturated/α-hetero) is 1. The average molecular weight is 454 g/mol. The lowest BCUT2D eigenvalue weighted by molar-refractivity contribution is 0.0987. The predicted molar refractivity (Wildman–Crippen MR) is 135 cm³/mol. The zero-order valence-corrected chi connectivity index (χ0v) is 20.1. The van der Waals surface area contributed by atoms with Crippen LogP contribution < -0.4 is 4.74 Å². The van der Waals surface area contributed by atoms with Crippen molar-refractivity contribution in [3.63, 3.8) is 0 Å². The first-order valence-electron chi connectivity index (χ1n) is 11.8. The Bertz CT molecular complexity index is 1210. The Morgan fingerprint density at radius 2 is 1.53 bits per heavy atom. The van der Waals surface area contributed by atoms with Crippen LogP contribution in [0.15, 0.2) is 78.9 Å². The Morgan fingerprint density at radius 3 is 2.21 bits per heavy atom. The summed E-state index contributed by atoms with van der Waals surface area (Å²) in [5.41, 5.74) is 5.62. The Labute approximate surface area is 201 Å². The summed E-state index contributed by atoms with van der Waals surface area (Å²) in [6, 6.07) is 26.4. The van der Waals surface area contributed by atoms with Crippen LogP contribution in [-0.2, 0) is 13.0 Å². The van der Waals surface area contributed by atoms with Crippen molar-refractivity contribution in [2.24, 2.45) is 5.92 Å². The second-order valence-electron chi connectivity index (χ2n) is 9.02. The van der Waals surface area contributed by atoms with Crippen LogP contribution in [0.4, 0.5) is 0 Å². The van der Waals surface area contributed by atoms with Crippen LogP contribution in [0.1, 0.15) is 47.6 Å². The van der Waals surface area contributed by atoms with Gasteiger partial charge < -0.3 is 4.74 Å². The largest absolute Gasteiger partial charge is 0.494 e. The summed E-state index contributed by atoms with van der Waals surface area (Å²) in [7, 11) is 0. The summed E-state index contributed by atoms with van der Waals surface area (Å²) >= 11 is 0. The van der Waals surface area contributed by atoms with E-state index in [4.69, 9.17) is 4.74 Å². The maximum atomic E-state index is 12.9. The molecule has 0 N–H and O–H groups in total. The molecule has 0 aliphatic carbocycles. The molecule has 1 heterocycles. The number of ketones is 1. The van der Waals surface area contributed by atoms with E-state index in [-0.39, 0.29) is 12.2 Å². The fourth-order valence-corrected chi connectivity index (χ4v) is 3.76. The molecular formula is C29H31N3O2. The zero-order valence-electron chi connectivity index (χ0n) is 20.1. The van der Waals surface area contributed by atoms with Gasteiger partial charge in [0.15, 0.2) is 11.5 Å². The lowest BCUT2D eigenvalue weighted by Crippen LogP contribution is -2.08. The molecule has 0 aliphatic rings. The fourth-order valence-electron chi connectivity index (χ4n) is 3.76. The minimum Gasteiger partial charge on any atom is -0.494 e. The van der Waals surface area contributed by atoms with Crippen LogP contribution in [0.3, 0.4) is 0 Å². The van der Waals surface area contributed by atoms with Gasteiger partial charge in [-0.05, 0) is 53.6 Å². The van der Waals surface area contributed by atoms with Gasteiger partial charge in [-0.15, -0.1) is 5.10 Å². The topological polar surface area (TPSA) is 57.0 Å². The normalized spacial score (nSPS) is 11.1. The lowest BCUT2D eigenvalue weighted by Gasteiger charge is -2.08. The Hall–Kier alpha value is -3.73. The first-order chi connectivity index (χ1) is 16.5. The van der Waals surface area contributed by atoms with Gasteiger partial charge in [-0.1, -0.05) is 85.8 Å². The van der Waals surface area contributed by atoms with Crippen molar-refractivity contribution >= 4 is 5.78 Å². The summed E-state index contributed by atoms with van der Waals surface area (Å²) < 4.78 is 7.55. The number of nitrogens with zero attached hydrogens (tertiary/aromatic N) is 3. The molecule has 3 aromatic carbocycles. The second-order valence-corrected chi connectivity index (χ2v) is 9.02. The molecule has 0 saturated heterocycles. The molecule has 0 aliphatic heterocycles. The Kier molecular flexibility index (Phi) is 7.53. The van der Waals surface area contributed by atoms with Crippen molar-refractivity contribution in [3.8, 4) is 16.9 Å². The second kappa shape index (κ2) is 10.9. The summed E-state index contributed by atoms with van der Waals surface area (Å²) in [5.74, 6) is 1.41. The SMILES string of the molecule is Cc1c(C(=O)Cc2ccc(OCCC(C)C)cc2)nnn1Cc1ccc(-c2ccccc2)cc1. The molecule has 1 aromatic heterocycles. The molecule has 0 unspecified atom stereocenters. The van der Waals surface area contributed by atoms with E-state index in [1.165, 1.54) is 11.1 Å². The number of hydrogen-bond donors (Lipinski definition) is 0. The molecule has 0 amide bonds. The van der Waals surface area contributed by atoms with Crippen molar-refractivity contribution in [2.45, 2.75) is 40.2 Å². The van der Waals surface area contributed by atoms with Crippen LogP contribution in [0, 0.1) is 12.8 Å². The van der Waals surface area contributed by atoms with Gasteiger partial charge in [0.2, 0.25) is 0 Å². The van der Waals surface area contributed by atoms with Crippen molar-refractivity contribution in [1.82, 2.24) is 15.0 Å². The molecule has 0 saturated carbocycles. The van der Waals surface area contributed by atoms with E-state index < -0.39 is 0 Å². The van der Waals surface area contributed by atoms with E-state index in [1.54, 1.807) is 4.68 Å². The third-order valence-electron chi connectivity index (χ3n) is 5.89. The smallest absolute Gasteiger partial charge is 0.189 e. The molecule has 0 fully saturated rings. The van der Waals surface area contributed by atoms with E-state index in [0.717, 1.165) is 29.0 Å². The maximum Gasteiger partial charge on any atom is 0.189 e. The molecule has 4 aromatic rings. The van der Waals surface area contributed by atoms with Crippen molar-refractivity contribution in [2.75, 3.05) is 6.61 Å². The van der Waals surface area contributed by atoms with E-state index >= 15 is 0 Å². The van der Waals surface area contributed by atoms with Crippen LogP contribution >= 0.6 is 0 Å². The molecule has 34 heavy (non-hydrogen) atoms. The third kappa shape index (κ3) is 5.98. The van der Waals surface area contributed by atoms with Gasteiger partial charge in [-0.25, -0.2) is 4.68 Å². The number of rotatable bonds is 10. The monoisotopic (exact) mass is 453 g/mol. The third-order valence-corrected chi connectivity index (χ3v) is 5.89. The average Bonchev–Trinajstić information content (AvgIpc) is 3.21. The van der Waals surface area contributed by atoms with Gasteiger partial charge in [-0.2, -0.15) is 0 Å². The van der Waals surface area contributed by atoms with Crippen molar-refractivity contribution < 1.29 is 9.53 Å². The van der Waals surface area contributed by atoms with E-state index in [9.17, 15) is 4.79 Å². The predicted octanol–water partition coefficient (Wildman–Crippen LogP) is 6.15. The molecule has 4 rings (SSSR count). The summed E-state index contributed by atoms with van der Waals surface area (Å²) in [4.78, 5) is 12.9. The lowest BCUT2D eigenvalue weighted by atomic mass is 10.0. The van der Waals surface area contributed by atoms with Crippen molar-refractivity contribution in [1.29, 1.82) is 0 Å². The molecule has 174 valence electrons. The zero-order chi connectivity index (χ0) is 23.9. The van der Waals surface area contributed by atoms with Gasteiger partial charge in [0.05, 0.1) is 18.8 Å².